The first-order chi connectivity index (χ1) is 9.20. The van der Waals surface area contributed by atoms with Crippen molar-refractivity contribution in [2.24, 2.45) is 5.73 Å². The minimum absolute atomic E-state index is 0.382. The first-order valence-corrected chi connectivity index (χ1v) is 6.78. The van der Waals surface area contributed by atoms with Gasteiger partial charge in [0, 0.05) is 28.9 Å². The van der Waals surface area contributed by atoms with Gasteiger partial charge in [0.25, 0.3) is 0 Å². The molecule has 0 bridgehead atoms. The van der Waals surface area contributed by atoms with Gasteiger partial charge in [-0.2, -0.15) is 0 Å². The average Bonchev–Trinajstić information content (AvgIpc) is 2.88. The normalized spacial score (nSPS) is 10.4. The Morgan fingerprint density at radius 2 is 2.16 bits per heavy atom. The molecule has 0 radical (unpaired) electrons. The fourth-order valence-corrected chi connectivity index (χ4v) is 2.61. The number of thiophene rings is 1. The molecule has 1 heterocycles. The first-order valence-electron chi connectivity index (χ1n) is 5.90. The van der Waals surface area contributed by atoms with E-state index < -0.39 is 0 Å². The number of rotatable bonds is 6. The Balaban J connectivity index is 1.90. The standard InChI is InChI=1S/C14H16N2O2S/c1-18-13-5-3-2-4-10(13)7-16-8-12-6-11(9-19-12)14(15)17/h2-6,9,16H,7-8H2,1H3,(H2,15,17). The van der Waals surface area contributed by atoms with E-state index in [9.17, 15) is 4.79 Å². The van der Waals surface area contributed by atoms with E-state index in [2.05, 4.69) is 5.32 Å². The number of nitrogens with one attached hydrogen (secondary N) is 1. The molecule has 4 nitrogen and oxygen atoms in total. The van der Waals surface area contributed by atoms with Crippen LogP contribution in [0.2, 0.25) is 0 Å². The predicted molar refractivity (Wildman–Crippen MR) is 76.4 cm³/mol. The summed E-state index contributed by atoms with van der Waals surface area (Å²) in [6.07, 6.45) is 0. The lowest BCUT2D eigenvalue weighted by Gasteiger charge is -2.08. The zero-order valence-corrected chi connectivity index (χ0v) is 11.5. The van der Waals surface area contributed by atoms with Gasteiger partial charge in [0.2, 0.25) is 5.91 Å². The number of amides is 1. The number of ether oxygens (including phenoxy) is 1. The summed E-state index contributed by atoms with van der Waals surface area (Å²) in [5, 5.41) is 5.10. The molecule has 0 saturated carbocycles. The molecule has 2 aromatic rings. The van der Waals surface area contributed by atoms with Gasteiger partial charge >= 0.3 is 0 Å². The van der Waals surface area contributed by atoms with E-state index in [-0.39, 0.29) is 5.91 Å². The molecule has 19 heavy (non-hydrogen) atoms. The van der Waals surface area contributed by atoms with Gasteiger partial charge < -0.3 is 15.8 Å². The van der Waals surface area contributed by atoms with Crippen LogP contribution in [-0.2, 0) is 13.1 Å². The third-order valence-corrected chi connectivity index (χ3v) is 3.68. The molecule has 0 aliphatic carbocycles. The van der Waals surface area contributed by atoms with E-state index in [1.54, 1.807) is 12.5 Å². The predicted octanol–water partition coefficient (Wildman–Crippen LogP) is 2.15. The van der Waals surface area contributed by atoms with Crippen LogP contribution in [0.25, 0.3) is 0 Å². The lowest BCUT2D eigenvalue weighted by atomic mass is 10.2. The smallest absolute Gasteiger partial charge is 0.249 e. The summed E-state index contributed by atoms with van der Waals surface area (Å²) in [5.74, 6) is 0.492. The highest BCUT2D eigenvalue weighted by atomic mass is 32.1. The molecule has 0 fully saturated rings. The van der Waals surface area contributed by atoms with Gasteiger partial charge in [-0.05, 0) is 12.1 Å². The Labute approximate surface area is 116 Å². The van der Waals surface area contributed by atoms with Crippen LogP contribution in [0, 0.1) is 0 Å². The van der Waals surface area contributed by atoms with Crippen LogP contribution in [0.3, 0.4) is 0 Å². The van der Waals surface area contributed by atoms with Crippen molar-refractivity contribution in [3.63, 3.8) is 0 Å². The van der Waals surface area contributed by atoms with Crippen molar-refractivity contribution < 1.29 is 9.53 Å². The molecule has 1 aromatic heterocycles. The molecular formula is C14H16N2O2S. The topological polar surface area (TPSA) is 64.3 Å². The van der Waals surface area contributed by atoms with Crippen molar-refractivity contribution in [3.05, 3.63) is 51.7 Å². The molecule has 1 amide bonds. The maximum Gasteiger partial charge on any atom is 0.249 e. The monoisotopic (exact) mass is 276 g/mol. The van der Waals surface area contributed by atoms with E-state index in [1.165, 1.54) is 11.3 Å². The summed E-state index contributed by atoms with van der Waals surface area (Å²) in [6, 6.07) is 9.71. The van der Waals surface area contributed by atoms with Crippen molar-refractivity contribution in [2.75, 3.05) is 7.11 Å². The Morgan fingerprint density at radius 3 is 2.84 bits per heavy atom. The van der Waals surface area contributed by atoms with Crippen LogP contribution in [0.5, 0.6) is 5.75 Å². The van der Waals surface area contributed by atoms with Crippen LogP contribution in [0.15, 0.2) is 35.7 Å². The van der Waals surface area contributed by atoms with Gasteiger partial charge in [0.05, 0.1) is 12.7 Å². The number of nitrogens with two attached hydrogens (primary N) is 1. The molecule has 0 aliphatic rings. The Hall–Kier alpha value is -1.85. The molecule has 100 valence electrons. The number of benzene rings is 1. The van der Waals surface area contributed by atoms with Gasteiger partial charge in [-0.25, -0.2) is 0 Å². The molecule has 1 aromatic carbocycles. The highest BCUT2D eigenvalue weighted by molar-refractivity contribution is 7.10. The molecular weight excluding hydrogens is 260 g/mol. The van der Waals surface area contributed by atoms with E-state index in [0.29, 0.717) is 18.7 Å². The van der Waals surface area contributed by atoms with Gasteiger partial charge in [-0.3, -0.25) is 4.79 Å². The Bertz CT molecular complexity index is 566. The Kier molecular flexibility index (Phi) is 4.54. The number of hydrogen-bond acceptors (Lipinski definition) is 4. The summed E-state index contributed by atoms with van der Waals surface area (Å²) in [5.41, 5.74) is 6.89. The van der Waals surface area contributed by atoms with E-state index in [4.69, 9.17) is 10.5 Å². The van der Waals surface area contributed by atoms with Gasteiger partial charge in [0.15, 0.2) is 0 Å². The second kappa shape index (κ2) is 6.36. The van der Waals surface area contributed by atoms with E-state index in [0.717, 1.165) is 16.2 Å². The minimum Gasteiger partial charge on any atom is -0.496 e. The fourth-order valence-electron chi connectivity index (χ4n) is 1.77. The second-order valence-electron chi connectivity index (χ2n) is 4.08. The van der Waals surface area contributed by atoms with Gasteiger partial charge in [-0.15, -0.1) is 11.3 Å². The lowest BCUT2D eigenvalue weighted by molar-refractivity contribution is 0.100. The molecule has 5 heteroatoms. The third-order valence-electron chi connectivity index (χ3n) is 2.75. The average molecular weight is 276 g/mol. The summed E-state index contributed by atoms with van der Waals surface area (Å²) in [7, 11) is 1.66. The van der Waals surface area contributed by atoms with Gasteiger partial charge in [0.1, 0.15) is 5.75 Å². The maximum absolute atomic E-state index is 11.0. The quantitative estimate of drug-likeness (QED) is 0.849. The second-order valence-corrected chi connectivity index (χ2v) is 5.08. The first kappa shape index (κ1) is 13.6. The third kappa shape index (κ3) is 3.56. The molecule has 0 saturated heterocycles. The molecule has 0 unspecified atom stereocenters. The zero-order valence-electron chi connectivity index (χ0n) is 10.7. The number of primary amides is 1. The van der Waals surface area contributed by atoms with Crippen LogP contribution in [0.4, 0.5) is 0 Å². The lowest BCUT2D eigenvalue weighted by Crippen LogP contribution is -2.13. The van der Waals surface area contributed by atoms with Crippen molar-refractivity contribution >= 4 is 17.2 Å². The van der Waals surface area contributed by atoms with E-state index in [1.807, 2.05) is 30.3 Å². The largest absolute Gasteiger partial charge is 0.496 e. The number of para-hydroxylation sites is 1. The summed E-state index contributed by atoms with van der Waals surface area (Å²) in [6.45, 7) is 1.42. The van der Waals surface area contributed by atoms with Crippen LogP contribution >= 0.6 is 11.3 Å². The number of hydrogen-bond donors (Lipinski definition) is 2. The van der Waals surface area contributed by atoms with E-state index >= 15 is 0 Å². The minimum atomic E-state index is -0.382. The van der Waals surface area contributed by atoms with Gasteiger partial charge in [-0.1, -0.05) is 18.2 Å². The zero-order chi connectivity index (χ0) is 13.7. The van der Waals surface area contributed by atoms with Crippen LogP contribution in [-0.4, -0.2) is 13.0 Å². The molecule has 0 aliphatic heterocycles. The maximum atomic E-state index is 11.0. The fraction of sp³-hybridized carbons (Fsp3) is 0.214. The summed E-state index contributed by atoms with van der Waals surface area (Å²) in [4.78, 5) is 12.1. The molecule has 3 N–H and O–H groups in total. The molecule has 0 atom stereocenters. The van der Waals surface area contributed by atoms with Crippen LogP contribution in [0.1, 0.15) is 20.8 Å². The highest BCUT2D eigenvalue weighted by Gasteiger charge is 2.05. The summed E-state index contributed by atoms with van der Waals surface area (Å²) < 4.78 is 5.29. The molecule has 2 rings (SSSR count). The number of carbonyl (C=O) groups is 1. The van der Waals surface area contributed by atoms with Crippen molar-refractivity contribution in [3.8, 4) is 5.75 Å². The highest BCUT2D eigenvalue weighted by Crippen LogP contribution is 2.18. The molecule has 0 spiro atoms. The van der Waals surface area contributed by atoms with Crippen molar-refractivity contribution in [1.29, 1.82) is 0 Å². The Morgan fingerprint density at radius 1 is 1.37 bits per heavy atom. The van der Waals surface area contributed by atoms with Crippen molar-refractivity contribution in [1.82, 2.24) is 5.32 Å². The SMILES string of the molecule is COc1ccccc1CNCc1cc(C(N)=O)cs1. The van der Waals surface area contributed by atoms with Crippen LogP contribution < -0.4 is 15.8 Å². The summed E-state index contributed by atoms with van der Waals surface area (Å²) >= 11 is 1.53. The number of methoxy groups -OCH3 is 1. The van der Waals surface area contributed by atoms with Crippen molar-refractivity contribution in [2.45, 2.75) is 13.1 Å². The number of carbonyl (C=O) groups excluding carboxylic acids is 1.